The molecule has 1 unspecified atom stereocenters. The van der Waals surface area contributed by atoms with Gasteiger partial charge in [0, 0.05) is 12.8 Å². The van der Waals surface area contributed by atoms with Gasteiger partial charge in [-0.15, -0.1) is 0 Å². The third kappa shape index (κ3) is 3.25. The Morgan fingerprint density at radius 2 is 2.20 bits per heavy atom. The summed E-state index contributed by atoms with van der Waals surface area (Å²) in [6.07, 6.45) is -1.00. The number of amides is 2. The van der Waals surface area contributed by atoms with E-state index in [9.17, 15) is 18.8 Å². The van der Waals surface area contributed by atoms with Crippen molar-refractivity contribution in [2.24, 2.45) is 0 Å². The number of nitrogens with zero attached hydrogens (tertiary/aromatic N) is 1. The summed E-state index contributed by atoms with van der Waals surface area (Å²) in [5.41, 5.74) is -0.342. The molecule has 130 valence electrons. The zero-order chi connectivity index (χ0) is 18.1. The molecule has 1 fully saturated rings. The molecule has 9 heteroatoms. The van der Waals surface area contributed by atoms with Crippen molar-refractivity contribution in [1.29, 1.82) is 0 Å². The van der Waals surface area contributed by atoms with Crippen LogP contribution in [-0.4, -0.2) is 29.0 Å². The number of nitrogens with one attached hydrogen (secondary N) is 1. The molecule has 3 rings (SSSR count). The van der Waals surface area contributed by atoms with Crippen molar-refractivity contribution >= 4 is 29.4 Å². The van der Waals surface area contributed by atoms with Gasteiger partial charge in [-0.05, 0) is 19.1 Å². The van der Waals surface area contributed by atoms with Crippen LogP contribution in [-0.2, 0) is 14.3 Å². The van der Waals surface area contributed by atoms with Crippen LogP contribution in [0.15, 0.2) is 22.7 Å². The minimum Gasteiger partial charge on any atom is -0.448 e. The number of piperidine rings is 1. The lowest BCUT2D eigenvalue weighted by atomic mass is 10.0. The van der Waals surface area contributed by atoms with Crippen molar-refractivity contribution in [3.63, 3.8) is 0 Å². The second-order valence-corrected chi connectivity index (χ2v) is 5.81. The first-order chi connectivity index (χ1) is 11.9. The number of benzene rings is 1. The topological polar surface area (TPSA) is 98.5 Å². The molecule has 2 amide bonds. The Morgan fingerprint density at radius 3 is 2.88 bits per heavy atom. The van der Waals surface area contributed by atoms with Crippen LogP contribution in [0.3, 0.4) is 0 Å². The summed E-state index contributed by atoms with van der Waals surface area (Å²) in [6.45, 7) is 1.45. The second kappa shape index (κ2) is 6.64. The van der Waals surface area contributed by atoms with Crippen LogP contribution >= 0.6 is 11.6 Å². The average Bonchev–Trinajstić information content (AvgIpc) is 2.91. The van der Waals surface area contributed by atoms with Crippen molar-refractivity contribution in [2.45, 2.75) is 25.9 Å². The summed E-state index contributed by atoms with van der Waals surface area (Å²) in [5.74, 6) is -2.65. The summed E-state index contributed by atoms with van der Waals surface area (Å²) in [5, 5.41) is 5.83. The number of aromatic nitrogens is 1. The molecule has 0 spiro atoms. The molecule has 1 aromatic carbocycles. The molecule has 25 heavy (non-hydrogen) atoms. The van der Waals surface area contributed by atoms with Crippen LogP contribution in [0, 0.1) is 12.7 Å². The lowest BCUT2D eigenvalue weighted by Crippen LogP contribution is -2.45. The van der Waals surface area contributed by atoms with Gasteiger partial charge >= 0.3 is 5.97 Å². The van der Waals surface area contributed by atoms with E-state index in [-0.39, 0.29) is 40.4 Å². The van der Waals surface area contributed by atoms with E-state index in [0.29, 0.717) is 0 Å². The molecule has 1 aromatic heterocycles. The molecule has 0 aliphatic carbocycles. The van der Waals surface area contributed by atoms with E-state index in [1.54, 1.807) is 0 Å². The zero-order valence-corrected chi connectivity index (χ0v) is 13.7. The van der Waals surface area contributed by atoms with Crippen LogP contribution in [0.1, 0.15) is 29.0 Å². The van der Waals surface area contributed by atoms with Crippen molar-refractivity contribution in [3.05, 3.63) is 40.4 Å². The Bertz CT molecular complexity index is 859. The fraction of sp³-hybridized carbons (Fsp3) is 0.250. The summed E-state index contributed by atoms with van der Waals surface area (Å²) in [4.78, 5) is 35.4. The van der Waals surface area contributed by atoms with E-state index in [0.717, 1.165) is 0 Å². The SMILES string of the molecule is Cc1onc(-c2c(F)cccc2Cl)c1C(=O)OC1CCC(=O)NC1=O. The van der Waals surface area contributed by atoms with E-state index >= 15 is 0 Å². The Labute approximate surface area is 146 Å². The highest BCUT2D eigenvalue weighted by molar-refractivity contribution is 6.33. The summed E-state index contributed by atoms with van der Waals surface area (Å²) < 4.78 is 24.3. The summed E-state index contributed by atoms with van der Waals surface area (Å²) in [6, 6.07) is 4.02. The van der Waals surface area contributed by atoms with E-state index in [4.69, 9.17) is 20.9 Å². The molecule has 1 aliphatic rings. The first-order valence-corrected chi connectivity index (χ1v) is 7.71. The Morgan fingerprint density at radius 1 is 1.44 bits per heavy atom. The van der Waals surface area contributed by atoms with Gasteiger partial charge in [0.15, 0.2) is 6.10 Å². The molecule has 1 aliphatic heterocycles. The minimum absolute atomic E-state index is 0.0448. The lowest BCUT2D eigenvalue weighted by Gasteiger charge is -2.20. The maximum Gasteiger partial charge on any atom is 0.344 e. The van der Waals surface area contributed by atoms with Gasteiger partial charge in [0.1, 0.15) is 22.8 Å². The maximum atomic E-state index is 14.1. The molecular weight excluding hydrogens is 355 g/mol. The third-order valence-corrected chi connectivity index (χ3v) is 4.02. The van der Waals surface area contributed by atoms with Crippen molar-refractivity contribution in [3.8, 4) is 11.3 Å². The average molecular weight is 367 g/mol. The number of carbonyl (C=O) groups is 3. The van der Waals surface area contributed by atoms with Gasteiger partial charge in [-0.1, -0.05) is 22.8 Å². The smallest absolute Gasteiger partial charge is 0.344 e. The largest absolute Gasteiger partial charge is 0.448 e. The summed E-state index contributed by atoms with van der Waals surface area (Å²) >= 11 is 6.01. The van der Waals surface area contributed by atoms with Crippen LogP contribution < -0.4 is 5.32 Å². The van der Waals surface area contributed by atoms with E-state index in [1.165, 1.54) is 25.1 Å². The van der Waals surface area contributed by atoms with Gasteiger partial charge < -0.3 is 9.26 Å². The normalized spacial score (nSPS) is 17.3. The quantitative estimate of drug-likeness (QED) is 0.661. The number of rotatable bonds is 3. The van der Waals surface area contributed by atoms with Gasteiger partial charge in [-0.25, -0.2) is 9.18 Å². The van der Waals surface area contributed by atoms with Crippen LogP contribution in [0.4, 0.5) is 4.39 Å². The molecule has 1 saturated heterocycles. The summed E-state index contributed by atoms with van der Waals surface area (Å²) in [7, 11) is 0. The molecule has 0 radical (unpaired) electrons. The first kappa shape index (κ1) is 17.1. The minimum atomic E-state index is -1.12. The van der Waals surface area contributed by atoms with Crippen molar-refractivity contribution in [2.75, 3.05) is 0 Å². The lowest BCUT2D eigenvalue weighted by molar-refractivity contribution is -0.140. The van der Waals surface area contributed by atoms with E-state index in [2.05, 4.69) is 10.5 Å². The monoisotopic (exact) mass is 366 g/mol. The molecule has 0 bridgehead atoms. The number of carbonyl (C=O) groups excluding carboxylic acids is 3. The van der Waals surface area contributed by atoms with Crippen molar-refractivity contribution < 1.29 is 28.0 Å². The number of imide groups is 1. The van der Waals surface area contributed by atoms with Crippen LogP contribution in [0.5, 0.6) is 0 Å². The molecule has 7 nitrogen and oxygen atoms in total. The first-order valence-electron chi connectivity index (χ1n) is 7.33. The standard InChI is InChI=1S/C16H12ClFN2O5/c1-7-12(16(23)24-10-5-6-11(21)19-15(10)22)14(20-25-7)13-8(17)3-2-4-9(13)18/h2-4,10H,5-6H2,1H3,(H,19,21,22). The zero-order valence-electron chi connectivity index (χ0n) is 13.0. The maximum absolute atomic E-state index is 14.1. The molecule has 0 saturated carbocycles. The van der Waals surface area contributed by atoms with Gasteiger partial charge in [0.05, 0.1) is 10.6 Å². The molecule has 2 aromatic rings. The molecule has 1 atom stereocenters. The van der Waals surface area contributed by atoms with Crippen LogP contribution in [0.25, 0.3) is 11.3 Å². The number of esters is 1. The number of hydrogen-bond acceptors (Lipinski definition) is 6. The molecular formula is C16H12ClFN2O5. The number of halogens is 2. The van der Waals surface area contributed by atoms with Crippen molar-refractivity contribution in [1.82, 2.24) is 10.5 Å². The van der Waals surface area contributed by atoms with Gasteiger partial charge in [-0.3, -0.25) is 14.9 Å². The van der Waals surface area contributed by atoms with Gasteiger partial charge in [0.2, 0.25) is 5.91 Å². The van der Waals surface area contributed by atoms with E-state index < -0.39 is 29.7 Å². The molecule has 1 N–H and O–H groups in total. The highest BCUT2D eigenvalue weighted by Crippen LogP contribution is 2.34. The Hall–Kier alpha value is -2.74. The number of hydrogen-bond donors (Lipinski definition) is 1. The fourth-order valence-corrected chi connectivity index (χ4v) is 2.73. The highest BCUT2D eigenvalue weighted by Gasteiger charge is 2.33. The van der Waals surface area contributed by atoms with Crippen LogP contribution in [0.2, 0.25) is 5.02 Å². The Kier molecular flexibility index (Phi) is 4.54. The number of aryl methyl sites for hydroxylation is 1. The second-order valence-electron chi connectivity index (χ2n) is 5.40. The van der Waals surface area contributed by atoms with Gasteiger partial charge in [0.25, 0.3) is 5.91 Å². The molecule has 2 heterocycles. The van der Waals surface area contributed by atoms with E-state index in [1.807, 2.05) is 0 Å². The number of ether oxygens (including phenoxy) is 1. The predicted octanol–water partition coefficient (Wildman–Crippen LogP) is 2.40. The Balaban J connectivity index is 1.93. The third-order valence-electron chi connectivity index (χ3n) is 3.70. The predicted molar refractivity (Wildman–Crippen MR) is 83.2 cm³/mol. The van der Waals surface area contributed by atoms with Gasteiger partial charge in [-0.2, -0.15) is 0 Å². The highest BCUT2D eigenvalue weighted by atomic mass is 35.5. The fourth-order valence-electron chi connectivity index (χ4n) is 2.48.